The molecule has 0 amide bonds. The number of hydrogen-bond donors (Lipinski definition) is 2. The van der Waals surface area contributed by atoms with Crippen molar-refractivity contribution in [2.75, 3.05) is 12.4 Å². The molecule has 2 N–H and O–H groups in total. The van der Waals surface area contributed by atoms with Crippen molar-refractivity contribution in [1.29, 1.82) is 0 Å². The fourth-order valence-corrected chi connectivity index (χ4v) is 4.92. The van der Waals surface area contributed by atoms with Gasteiger partial charge in [-0.15, -0.1) is 0 Å². The van der Waals surface area contributed by atoms with Gasteiger partial charge in [-0.25, -0.2) is 0 Å². The molecule has 0 radical (unpaired) electrons. The second kappa shape index (κ2) is 7.52. The number of hydrogen-bond acceptors (Lipinski definition) is 4. The Morgan fingerprint density at radius 3 is 2.56 bits per heavy atom. The van der Waals surface area contributed by atoms with Gasteiger partial charge in [0.2, 0.25) is 0 Å². The van der Waals surface area contributed by atoms with Gasteiger partial charge in [0.1, 0.15) is 5.75 Å². The molecule has 3 aromatic rings. The molecule has 0 spiro atoms. The van der Waals surface area contributed by atoms with Crippen molar-refractivity contribution >= 4 is 28.2 Å². The van der Waals surface area contributed by atoms with E-state index in [-0.39, 0.29) is 5.75 Å². The minimum Gasteiger partial charge on any atom is -0.495 e. The lowest BCUT2D eigenvalue weighted by atomic mass is 9.63. The zero-order chi connectivity index (χ0) is 23.5. The number of nitrogens with one attached hydrogen (secondary N) is 1. The normalized spacial score (nSPS) is 22.5. The van der Waals surface area contributed by atoms with E-state index in [1.165, 1.54) is 13.2 Å². The van der Waals surface area contributed by atoms with Crippen LogP contribution in [0.5, 0.6) is 5.75 Å². The van der Waals surface area contributed by atoms with Crippen molar-refractivity contribution in [2.24, 2.45) is 0 Å². The molecule has 1 aliphatic carbocycles. The number of aryl methyl sites for hydroxylation is 1. The predicted molar refractivity (Wildman–Crippen MR) is 119 cm³/mol. The highest BCUT2D eigenvalue weighted by atomic mass is 35.5. The maximum absolute atomic E-state index is 14.4. The van der Waals surface area contributed by atoms with E-state index in [0.717, 1.165) is 5.69 Å². The molecule has 0 bridgehead atoms. The molecular weight excluding hydrogens is 441 g/mol. The highest BCUT2D eigenvalue weighted by Gasteiger charge is 2.64. The van der Waals surface area contributed by atoms with Gasteiger partial charge in [-0.2, -0.15) is 13.2 Å². The third kappa shape index (κ3) is 3.57. The quantitative estimate of drug-likeness (QED) is 0.475. The average Bonchev–Trinajstić information content (AvgIpc) is 2.69. The maximum Gasteiger partial charge on any atom is 0.419 e. The SMILES string of the molecule is COc1cc2c(cc1Cl)C(C)(C)CC(O)(C(F)(F)F)C2Nc1cccc2nc(C)ccc12. The Morgan fingerprint density at radius 1 is 1.19 bits per heavy atom. The van der Waals surface area contributed by atoms with Crippen LogP contribution in [-0.4, -0.2) is 29.0 Å². The van der Waals surface area contributed by atoms with E-state index in [1.807, 2.05) is 13.0 Å². The summed E-state index contributed by atoms with van der Waals surface area (Å²) in [4.78, 5) is 4.46. The largest absolute Gasteiger partial charge is 0.495 e. The number of methoxy groups -OCH3 is 1. The molecule has 2 unspecified atom stereocenters. The van der Waals surface area contributed by atoms with Gasteiger partial charge in [0, 0.05) is 16.8 Å². The Hall–Kier alpha value is -2.51. The zero-order valence-corrected chi connectivity index (χ0v) is 18.9. The summed E-state index contributed by atoms with van der Waals surface area (Å²) in [5.74, 6) is 0.245. The number of alkyl halides is 3. The summed E-state index contributed by atoms with van der Waals surface area (Å²) in [7, 11) is 1.40. The van der Waals surface area contributed by atoms with Crippen molar-refractivity contribution in [1.82, 2.24) is 4.98 Å². The van der Waals surface area contributed by atoms with E-state index in [9.17, 15) is 18.3 Å². The summed E-state index contributed by atoms with van der Waals surface area (Å²) >= 11 is 6.31. The standard InChI is InChI=1S/C24H24ClF3N2O2/c1-13-8-9-14-18(29-13)6-5-7-19(14)30-21-15-10-20(32-4)17(25)11-16(15)22(2,3)12-23(21,31)24(26,27)28/h5-11,21,30-31H,12H2,1-4H3. The highest BCUT2D eigenvalue weighted by molar-refractivity contribution is 6.32. The second-order valence-corrected chi connectivity index (χ2v) is 9.37. The number of halogens is 4. The average molecular weight is 465 g/mol. The minimum atomic E-state index is -4.88. The van der Waals surface area contributed by atoms with Gasteiger partial charge in [0.05, 0.1) is 23.7 Å². The number of benzene rings is 2. The number of fused-ring (bicyclic) bond motifs is 2. The molecule has 1 aliphatic rings. The molecule has 2 aromatic carbocycles. The van der Waals surface area contributed by atoms with Crippen LogP contribution in [0.15, 0.2) is 42.5 Å². The first-order valence-electron chi connectivity index (χ1n) is 10.2. The molecule has 0 saturated heterocycles. The molecule has 2 atom stereocenters. The van der Waals surface area contributed by atoms with E-state index in [1.54, 1.807) is 44.2 Å². The molecular formula is C24H24ClF3N2O2. The molecule has 4 nitrogen and oxygen atoms in total. The van der Waals surface area contributed by atoms with Gasteiger partial charge in [0.25, 0.3) is 0 Å². The lowest BCUT2D eigenvalue weighted by Gasteiger charge is -2.49. The fourth-order valence-electron chi connectivity index (χ4n) is 4.68. The Balaban J connectivity index is 1.96. The van der Waals surface area contributed by atoms with Crippen molar-refractivity contribution in [3.05, 3.63) is 64.3 Å². The van der Waals surface area contributed by atoms with E-state index in [2.05, 4.69) is 10.3 Å². The second-order valence-electron chi connectivity index (χ2n) is 8.96. The third-order valence-electron chi connectivity index (χ3n) is 6.21. The van der Waals surface area contributed by atoms with Gasteiger partial charge < -0.3 is 15.2 Å². The van der Waals surface area contributed by atoms with Crippen LogP contribution in [-0.2, 0) is 5.41 Å². The van der Waals surface area contributed by atoms with Gasteiger partial charge in [0.15, 0.2) is 5.60 Å². The third-order valence-corrected chi connectivity index (χ3v) is 6.51. The van der Waals surface area contributed by atoms with Gasteiger partial charge >= 0.3 is 6.18 Å². The molecule has 0 fully saturated rings. The van der Waals surface area contributed by atoms with E-state index in [4.69, 9.17) is 16.3 Å². The topological polar surface area (TPSA) is 54.4 Å². The first-order chi connectivity index (χ1) is 14.9. The van der Waals surface area contributed by atoms with Crippen molar-refractivity contribution in [3.63, 3.8) is 0 Å². The van der Waals surface area contributed by atoms with Crippen molar-refractivity contribution in [3.8, 4) is 5.75 Å². The summed E-state index contributed by atoms with van der Waals surface area (Å²) in [6.07, 6.45) is -5.41. The number of rotatable bonds is 3. The molecule has 32 heavy (non-hydrogen) atoms. The summed E-state index contributed by atoms with van der Waals surface area (Å²) in [6.45, 7) is 5.19. The Kier molecular flexibility index (Phi) is 5.33. The first kappa shape index (κ1) is 22.7. The lowest BCUT2D eigenvalue weighted by Crippen LogP contribution is -2.58. The van der Waals surface area contributed by atoms with Crippen LogP contribution < -0.4 is 10.1 Å². The van der Waals surface area contributed by atoms with Crippen LogP contribution in [0.4, 0.5) is 18.9 Å². The number of pyridine rings is 1. The Bertz CT molecular complexity index is 1200. The minimum absolute atomic E-state index is 0.245. The van der Waals surface area contributed by atoms with Crippen LogP contribution in [0, 0.1) is 6.92 Å². The molecule has 170 valence electrons. The van der Waals surface area contributed by atoms with Crippen LogP contribution in [0.1, 0.15) is 43.1 Å². The summed E-state index contributed by atoms with van der Waals surface area (Å²) in [6, 6.07) is 10.4. The van der Waals surface area contributed by atoms with Gasteiger partial charge in [-0.05, 0) is 66.3 Å². The summed E-state index contributed by atoms with van der Waals surface area (Å²) < 4.78 is 48.4. The van der Waals surface area contributed by atoms with Crippen LogP contribution >= 0.6 is 11.6 Å². The van der Waals surface area contributed by atoms with E-state index in [0.29, 0.717) is 32.7 Å². The number of anilines is 1. The monoisotopic (exact) mass is 464 g/mol. The Labute approximate surface area is 189 Å². The fraction of sp³-hybridized carbons (Fsp3) is 0.375. The molecule has 1 heterocycles. The van der Waals surface area contributed by atoms with Crippen molar-refractivity contribution < 1.29 is 23.0 Å². The number of aromatic nitrogens is 1. The van der Waals surface area contributed by atoms with Gasteiger partial charge in [-0.1, -0.05) is 31.5 Å². The molecule has 1 aromatic heterocycles. The lowest BCUT2D eigenvalue weighted by molar-refractivity contribution is -0.275. The van der Waals surface area contributed by atoms with E-state index >= 15 is 0 Å². The smallest absolute Gasteiger partial charge is 0.419 e. The van der Waals surface area contributed by atoms with Crippen LogP contribution in [0.2, 0.25) is 5.02 Å². The van der Waals surface area contributed by atoms with Crippen LogP contribution in [0.25, 0.3) is 10.9 Å². The summed E-state index contributed by atoms with van der Waals surface area (Å²) in [5, 5.41) is 15.1. The maximum atomic E-state index is 14.4. The number of nitrogens with zero attached hydrogens (tertiary/aromatic N) is 1. The summed E-state index contributed by atoms with van der Waals surface area (Å²) in [5.41, 5.74) is -1.19. The van der Waals surface area contributed by atoms with Crippen LogP contribution in [0.3, 0.4) is 0 Å². The molecule has 8 heteroatoms. The number of ether oxygens (including phenoxy) is 1. The molecule has 0 aliphatic heterocycles. The number of aliphatic hydroxyl groups is 1. The van der Waals surface area contributed by atoms with Crippen molar-refractivity contribution in [2.45, 2.75) is 50.4 Å². The molecule has 4 rings (SSSR count). The Morgan fingerprint density at radius 2 is 1.91 bits per heavy atom. The highest BCUT2D eigenvalue weighted by Crippen LogP contribution is 2.55. The predicted octanol–water partition coefficient (Wildman–Crippen LogP) is 6.33. The molecule has 0 saturated carbocycles. The van der Waals surface area contributed by atoms with Gasteiger partial charge in [-0.3, -0.25) is 4.98 Å². The first-order valence-corrected chi connectivity index (χ1v) is 10.5. The zero-order valence-electron chi connectivity index (χ0n) is 18.1. The van der Waals surface area contributed by atoms with E-state index < -0.39 is 29.7 Å².